The largest absolute Gasteiger partial charge is 0.496 e. The molecule has 0 amide bonds. The summed E-state index contributed by atoms with van der Waals surface area (Å²) in [4.78, 5) is 11.3. The molecule has 0 saturated carbocycles. The van der Waals surface area contributed by atoms with Crippen LogP contribution in [0.2, 0.25) is 0 Å². The topological polar surface area (TPSA) is 35.5 Å². The molecule has 1 atom stereocenters. The Morgan fingerprint density at radius 1 is 1.44 bits per heavy atom. The monoisotopic (exact) mass is 220 g/mol. The van der Waals surface area contributed by atoms with Gasteiger partial charge in [-0.25, -0.2) is 0 Å². The lowest BCUT2D eigenvalue weighted by atomic mass is 9.91. The summed E-state index contributed by atoms with van der Waals surface area (Å²) in [7, 11) is 1.63. The number of esters is 1. The average molecular weight is 220 g/mol. The van der Waals surface area contributed by atoms with Gasteiger partial charge in [0.1, 0.15) is 11.4 Å². The summed E-state index contributed by atoms with van der Waals surface area (Å²) in [6, 6.07) is 5.93. The van der Waals surface area contributed by atoms with Crippen LogP contribution in [0.1, 0.15) is 30.9 Å². The van der Waals surface area contributed by atoms with Crippen molar-refractivity contribution in [3.63, 3.8) is 0 Å². The Balaban J connectivity index is 2.46. The highest BCUT2D eigenvalue weighted by Gasteiger charge is 2.39. The van der Waals surface area contributed by atoms with Crippen LogP contribution in [0.3, 0.4) is 0 Å². The number of methoxy groups -OCH3 is 1. The van der Waals surface area contributed by atoms with Crippen LogP contribution >= 0.6 is 0 Å². The van der Waals surface area contributed by atoms with Gasteiger partial charge < -0.3 is 9.47 Å². The number of aryl methyl sites for hydroxylation is 1. The van der Waals surface area contributed by atoms with Crippen LogP contribution in [0.4, 0.5) is 0 Å². The fourth-order valence-corrected chi connectivity index (χ4v) is 2.12. The molecule has 1 unspecified atom stereocenters. The molecule has 3 nitrogen and oxygen atoms in total. The molecule has 0 N–H and O–H groups in total. The number of ether oxygens (including phenoxy) is 2. The predicted molar refractivity (Wildman–Crippen MR) is 60.4 cm³/mol. The molecule has 86 valence electrons. The van der Waals surface area contributed by atoms with Crippen LogP contribution in [-0.4, -0.2) is 13.1 Å². The molecular formula is C13H16O3. The summed E-state index contributed by atoms with van der Waals surface area (Å²) in [5.74, 6) is 0.647. The van der Waals surface area contributed by atoms with Crippen molar-refractivity contribution >= 4 is 5.97 Å². The van der Waals surface area contributed by atoms with E-state index < -0.39 is 5.60 Å². The van der Waals surface area contributed by atoms with Gasteiger partial charge >= 0.3 is 5.97 Å². The van der Waals surface area contributed by atoms with Crippen molar-refractivity contribution in [3.8, 4) is 5.75 Å². The van der Waals surface area contributed by atoms with Crippen molar-refractivity contribution < 1.29 is 14.3 Å². The number of carbonyl (C=O) groups excluding carboxylic acids is 1. The van der Waals surface area contributed by atoms with Gasteiger partial charge in [-0.1, -0.05) is 11.6 Å². The second-order valence-corrected chi connectivity index (χ2v) is 4.41. The summed E-state index contributed by atoms with van der Waals surface area (Å²) in [6.07, 6.45) is 1.19. The second kappa shape index (κ2) is 3.81. The molecule has 1 aliphatic heterocycles. The molecule has 0 spiro atoms. The number of hydrogen-bond acceptors (Lipinski definition) is 3. The van der Waals surface area contributed by atoms with E-state index in [0.717, 1.165) is 16.9 Å². The Morgan fingerprint density at radius 3 is 2.75 bits per heavy atom. The van der Waals surface area contributed by atoms with E-state index in [1.165, 1.54) is 0 Å². The Labute approximate surface area is 95.4 Å². The normalized spacial score (nSPS) is 24.3. The first-order valence-electron chi connectivity index (χ1n) is 5.42. The van der Waals surface area contributed by atoms with E-state index in [1.54, 1.807) is 7.11 Å². The van der Waals surface area contributed by atoms with Gasteiger partial charge in [0.05, 0.1) is 7.11 Å². The Bertz CT molecular complexity index is 425. The number of carbonyl (C=O) groups is 1. The Kier molecular flexibility index (Phi) is 2.62. The predicted octanol–water partition coefficient (Wildman–Crippen LogP) is 2.56. The Hall–Kier alpha value is -1.51. The standard InChI is InChI=1S/C13H16O3/c1-9-4-5-11(15-3)10(8-9)13(2)7-6-12(14)16-13/h4-5,8H,6-7H2,1-3H3. The van der Waals surface area contributed by atoms with Crippen molar-refractivity contribution in [2.75, 3.05) is 7.11 Å². The highest BCUT2D eigenvalue weighted by atomic mass is 16.6. The summed E-state index contributed by atoms with van der Waals surface area (Å²) >= 11 is 0. The maximum atomic E-state index is 11.3. The van der Waals surface area contributed by atoms with Crippen molar-refractivity contribution in [2.45, 2.75) is 32.3 Å². The molecule has 0 bridgehead atoms. The third-order valence-electron chi connectivity index (χ3n) is 3.07. The first-order valence-corrected chi connectivity index (χ1v) is 5.42. The van der Waals surface area contributed by atoms with Crippen molar-refractivity contribution in [3.05, 3.63) is 29.3 Å². The van der Waals surface area contributed by atoms with E-state index in [2.05, 4.69) is 0 Å². The van der Waals surface area contributed by atoms with E-state index in [-0.39, 0.29) is 5.97 Å². The van der Waals surface area contributed by atoms with E-state index in [9.17, 15) is 4.79 Å². The quantitative estimate of drug-likeness (QED) is 0.718. The summed E-state index contributed by atoms with van der Waals surface area (Å²) < 4.78 is 10.7. The van der Waals surface area contributed by atoms with Crippen molar-refractivity contribution in [2.24, 2.45) is 0 Å². The molecule has 1 saturated heterocycles. The number of hydrogen-bond donors (Lipinski definition) is 0. The molecule has 0 aliphatic carbocycles. The first kappa shape index (κ1) is 11.0. The van der Waals surface area contributed by atoms with Crippen LogP contribution in [0.5, 0.6) is 5.75 Å². The summed E-state index contributed by atoms with van der Waals surface area (Å²) in [5.41, 5.74) is 1.56. The van der Waals surface area contributed by atoms with Crippen molar-refractivity contribution in [1.29, 1.82) is 0 Å². The van der Waals surface area contributed by atoms with Crippen LogP contribution < -0.4 is 4.74 Å². The lowest BCUT2D eigenvalue weighted by Crippen LogP contribution is -2.22. The van der Waals surface area contributed by atoms with Gasteiger partial charge in [-0.3, -0.25) is 4.79 Å². The van der Waals surface area contributed by atoms with Gasteiger partial charge in [0.15, 0.2) is 0 Å². The molecule has 1 aromatic carbocycles. The molecule has 2 rings (SSSR count). The van der Waals surface area contributed by atoms with E-state index in [0.29, 0.717) is 12.8 Å². The molecule has 0 aromatic heterocycles. The van der Waals surface area contributed by atoms with Crippen molar-refractivity contribution in [1.82, 2.24) is 0 Å². The summed E-state index contributed by atoms with van der Waals surface area (Å²) in [6.45, 7) is 3.96. The molecule has 0 radical (unpaired) electrons. The molecule has 1 aliphatic rings. The molecule has 1 aromatic rings. The SMILES string of the molecule is COc1ccc(C)cc1C1(C)CCC(=O)O1. The Morgan fingerprint density at radius 2 is 2.19 bits per heavy atom. The van der Waals surface area contributed by atoms with Gasteiger partial charge in [-0.05, 0) is 26.0 Å². The molecule has 1 fully saturated rings. The summed E-state index contributed by atoms with van der Waals surface area (Å²) in [5, 5.41) is 0. The van der Waals surface area contributed by atoms with Crippen LogP contribution in [0.15, 0.2) is 18.2 Å². The second-order valence-electron chi connectivity index (χ2n) is 4.41. The maximum Gasteiger partial charge on any atom is 0.306 e. The van der Waals surface area contributed by atoms with Gasteiger partial charge in [0, 0.05) is 18.4 Å². The zero-order valence-corrected chi connectivity index (χ0v) is 9.87. The fraction of sp³-hybridized carbons (Fsp3) is 0.462. The number of cyclic esters (lactones) is 1. The first-order chi connectivity index (χ1) is 7.55. The molecular weight excluding hydrogens is 204 g/mol. The van der Waals surface area contributed by atoms with Crippen LogP contribution in [0, 0.1) is 6.92 Å². The zero-order chi connectivity index (χ0) is 11.8. The molecule has 16 heavy (non-hydrogen) atoms. The van der Waals surface area contributed by atoms with Crippen LogP contribution in [0.25, 0.3) is 0 Å². The van der Waals surface area contributed by atoms with E-state index >= 15 is 0 Å². The van der Waals surface area contributed by atoms with Gasteiger partial charge in [0.2, 0.25) is 0 Å². The minimum atomic E-state index is -0.533. The lowest BCUT2D eigenvalue weighted by Gasteiger charge is -2.25. The van der Waals surface area contributed by atoms with Crippen LogP contribution in [-0.2, 0) is 15.1 Å². The minimum absolute atomic E-state index is 0.133. The van der Waals surface area contributed by atoms with E-state index in [4.69, 9.17) is 9.47 Å². The van der Waals surface area contributed by atoms with Gasteiger partial charge in [-0.15, -0.1) is 0 Å². The van der Waals surface area contributed by atoms with E-state index in [1.807, 2.05) is 32.0 Å². The molecule has 3 heteroatoms. The average Bonchev–Trinajstić information content (AvgIpc) is 2.60. The molecule has 1 heterocycles. The lowest BCUT2D eigenvalue weighted by molar-refractivity contribution is -0.147. The number of rotatable bonds is 2. The zero-order valence-electron chi connectivity index (χ0n) is 9.87. The fourth-order valence-electron chi connectivity index (χ4n) is 2.12. The highest BCUT2D eigenvalue weighted by molar-refractivity contribution is 5.73. The number of benzene rings is 1. The highest BCUT2D eigenvalue weighted by Crippen LogP contribution is 2.41. The van der Waals surface area contributed by atoms with Gasteiger partial charge in [-0.2, -0.15) is 0 Å². The minimum Gasteiger partial charge on any atom is -0.496 e. The smallest absolute Gasteiger partial charge is 0.306 e. The van der Waals surface area contributed by atoms with Gasteiger partial charge in [0.25, 0.3) is 0 Å². The third-order valence-corrected chi connectivity index (χ3v) is 3.07. The maximum absolute atomic E-state index is 11.3. The third kappa shape index (κ3) is 1.77.